The Morgan fingerprint density at radius 2 is 1.61 bits per heavy atom. The molecular weight excluding hydrogens is 335 g/mol. The maximum absolute atomic E-state index is 11.9. The van der Waals surface area contributed by atoms with Gasteiger partial charge >= 0.3 is 0 Å². The van der Waals surface area contributed by atoms with Crippen molar-refractivity contribution in [1.82, 2.24) is 5.32 Å². The molecular formula is C17H16Cl2N2O2. The van der Waals surface area contributed by atoms with Crippen molar-refractivity contribution in [3.8, 4) is 0 Å². The summed E-state index contributed by atoms with van der Waals surface area (Å²) in [6.45, 7) is -0.0565. The molecule has 0 spiro atoms. The van der Waals surface area contributed by atoms with Crippen LogP contribution in [0.5, 0.6) is 0 Å². The van der Waals surface area contributed by atoms with Crippen LogP contribution in [-0.4, -0.2) is 18.2 Å². The Balaban J connectivity index is 1.83. The molecule has 0 aromatic heterocycles. The number of nitrogens with one attached hydrogen (secondary N) is 1. The number of hydrogen-bond acceptors (Lipinski definition) is 3. The lowest BCUT2D eigenvalue weighted by Crippen LogP contribution is -2.29. The SMILES string of the molecule is Nc1ccc(C(=O)CNC(=O)CCc2c(Cl)cccc2Cl)cc1. The summed E-state index contributed by atoms with van der Waals surface area (Å²) in [4.78, 5) is 23.8. The van der Waals surface area contributed by atoms with E-state index in [4.69, 9.17) is 28.9 Å². The van der Waals surface area contributed by atoms with E-state index in [-0.39, 0.29) is 24.7 Å². The topological polar surface area (TPSA) is 72.2 Å². The highest BCUT2D eigenvalue weighted by molar-refractivity contribution is 6.36. The molecule has 2 rings (SSSR count). The number of amides is 1. The number of hydrogen-bond donors (Lipinski definition) is 2. The molecule has 0 unspecified atom stereocenters. The minimum Gasteiger partial charge on any atom is -0.399 e. The highest BCUT2D eigenvalue weighted by Crippen LogP contribution is 2.25. The molecule has 0 heterocycles. The van der Waals surface area contributed by atoms with Crippen LogP contribution in [0.4, 0.5) is 5.69 Å². The Bertz CT molecular complexity index is 695. The average Bonchev–Trinajstić information content (AvgIpc) is 2.53. The number of rotatable bonds is 6. The van der Waals surface area contributed by atoms with Crippen molar-refractivity contribution in [3.05, 3.63) is 63.6 Å². The van der Waals surface area contributed by atoms with E-state index in [1.54, 1.807) is 42.5 Å². The number of benzene rings is 2. The molecule has 0 saturated carbocycles. The van der Waals surface area contributed by atoms with Gasteiger partial charge in [0.15, 0.2) is 5.78 Å². The van der Waals surface area contributed by atoms with Gasteiger partial charge in [-0.05, 0) is 48.4 Å². The summed E-state index contributed by atoms with van der Waals surface area (Å²) in [5.74, 6) is -0.404. The largest absolute Gasteiger partial charge is 0.399 e. The van der Waals surface area contributed by atoms with Gasteiger partial charge in [0.1, 0.15) is 0 Å². The third-order valence-electron chi connectivity index (χ3n) is 3.34. The fourth-order valence-corrected chi connectivity index (χ4v) is 2.63. The van der Waals surface area contributed by atoms with E-state index in [9.17, 15) is 9.59 Å². The van der Waals surface area contributed by atoms with Gasteiger partial charge in [-0.15, -0.1) is 0 Å². The van der Waals surface area contributed by atoms with Crippen molar-refractivity contribution < 1.29 is 9.59 Å². The molecule has 0 bridgehead atoms. The highest BCUT2D eigenvalue weighted by atomic mass is 35.5. The zero-order chi connectivity index (χ0) is 16.8. The third-order valence-corrected chi connectivity index (χ3v) is 4.05. The first-order valence-electron chi connectivity index (χ1n) is 7.05. The predicted octanol–water partition coefficient (Wildman–Crippen LogP) is 3.51. The third kappa shape index (κ3) is 4.98. The molecule has 2 aromatic carbocycles. The number of nitrogens with two attached hydrogens (primary N) is 1. The maximum Gasteiger partial charge on any atom is 0.220 e. The van der Waals surface area contributed by atoms with E-state index in [1.807, 2.05) is 0 Å². The highest BCUT2D eigenvalue weighted by Gasteiger charge is 2.11. The van der Waals surface area contributed by atoms with Gasteiger partial charge in [-0.25, -0.2) is 0 Å². The summed E-state index contributed by atoms with van der Waals surface area (Å²) in [5.41, 5.74) is 7.39. The quantitative estimate of drug-likeness (QED) is 0.618. The molecule has 0 aliphatic heterocycles. The fraction of sp³-hybridized carbons (Fsp3) is 0.176. The second-order valence-corrected chi connectivity index (χ2v) is 5.84. The monoisotopic (exact) mass is 350 g/mol. The number of ketones is 1. The number of halogens is 2. The van der Waals surface area contributed by atoms with Gasteiger partial charge in [0.05, 0.1) is 6.54 Å². The first-order chi connectivity index (χ1) is 11.0. The van der Waals surface area contributed by atoms with Gasteiger partial charge in [-0.3, -0.25) is 9.59 Å². The van der Waals surface area contributed by atoms with Gasteiger partial charge in [0.2, 0.25) is 5.91 Å². The standard InChI is InChI=1S/C17H16Cl2N2O2/c18-14-2-1-3-15(19)13(14)8-9-17(23)21-10-16(22)11-4-6-12(20)7-5-11/h1-7H,8-10,20H2,(H,21,23). The molecule has 0 aliphatic carbocycles. The van der Waals surface area contributed by atoms with Crippen LogP contribution >= 0.6 is 23.2 Å². The first kappa shape index (κ1) is 17.3. The number of carbonyl (C=O) groups excluding carboxylic acids is 2. The first-order valence-corrected chi connectivity index (χ1v) is 7.81. The molecule has 6 heteroatoms. The molecule has 3 N–H and O–H groups in total. The summed E-state index contributed by atoms with van der Waals surface area (Å²) in [6.07, 6.45) is 0.624. The summed E-state index contributed by atoms with van der Waals surface area (Å²) < 4.78 is 0. The lowest BCUT2D eigenvalue weighted by molar-refractivity contribution is -0.120. The normalized spacial score (nSPS) is 10.3. The molecule has 2 aromatic rings. The predicted molar refractivity (Wildman–Crippen MR) is 93.0 cm³/mol. The number of Topliss-reactive ketones (excluding diaryl/α,β-unsaturated/α-hetero) is 1. The van der Waals surface area contributed by atoms with Crippen molar-refractivity contribution in [2.45, 2.75) is 12.8 Å². The number of anilines is 1. The smallest absolute Gasteiger partial charge is 0.220 e. The van der Waals surface area contributed by atoms with Crippen LogP contribution in [0.2, 0.25) is 10.0 Å². The fourth-order valence-electron chi connectivity index (χ4n) is 2.05. The van der Waals surface area contributed by atoms with Gasteiger partial charge in [-0.1, -0.05) is 29.3 Å². The van der Waals surface area contributed by atoms with Gasteiger partial charge in [0, 0.05) is 27.7 Å². The van der Waals surface area contributed by atoms with E-state index in [1.165, 1.54) is 0 Å². The summed E-state index contributed by atoms with van der Waals surface area (Å²) in [6, 6.07) is 11.8. The average molecular weight is 351 g/mol. The molecule has 0 fully saturated rings. The van der Waals surface area contributed by atoms with Crippen LogP contribution in [0, 0.1) is 0 Å². The molecule has 0 atom stereocenters. The zero-order valence-electron chi connectivity index (χ0n) is 12.3. The van der Waals surface area contributed by atoms with Gasteiger partial charge in [0.25, 0.3) is 0 Å². The van der Waals surface area contributed by atoms with Crippen molar-refractivity contribution in [3.63, 3.8) is 0 Å². The molecule has 120 valence electrons. The lowest BCUT2D eigenvalue weighted by atomic mass is 10.1. The zero-order valence-corrected chi connectivity index (χ0v) is 13.8. The van der Waals surface area contributed by atoms with Crippen molar-refractivity contribution >= 4 is 40.6 Å². The van der Waals surface area contributed by atoms with Gasteiger partial charge in [-0.2, -0.15) is 0 Å². The van der Waals surface area contributed by atoms with E-state index >= 15 is 0 Å². The molecule has 0 aliphatic rings. The van der Waals surface area contributed by atoms with Crippen LogP contribution in [-0.2, 0) is 11.2 Å². The Kier molecular flexibility index (Phi) is 6.02. The summed E-state index contributed by atoms with van der Waals surface area (Å²) in [5, 5.41) is 3.66. The van der Waals surface area contributed by atoms with Gasteiger partial charge < -0.3 is 11.1 Å². The number of carbonyl (C=O) groups is 2. The summed E-state index contributed by atoms with van der Waals surface area (Å²) in [7, 11) is 0. The van der Waals surface area contributed by atoms with Crippen LogP contribution < -0.4 is 11.1 Å². The lowest BCUT2D eigenvalue weighted by Gasteiger charge is -2.08. The Labute approximate surface area is 144 Å². The van der Waals surface area contributed by atoms with Crippen LogP contribution in [0.25, 0.3) is 0 Å². The van der Waals surface area contributed by atoms with E-state index < -0.39 is 0 Å². The minimum absolute atomic E-state index is 0.0565. The molecule has 1 amide bonds. The van der Waals surface area contributed by atoms with E-state index in [0.29, 0.717) is 27.7 Å². The van der Waals surface area contributed by atoms with Crippen molar-refractivity contribution in [2.75, 3.05) is 12.3 Å². The Morgan fingerprint density at radius 1 is 1.00 bits per heavy atom. The molecule has 4 nitrogen and oxygen atoms in total. The van der Waals surface area contributed by atoms with Crippen LogP contribution in [0.15, 0.2) is 42.5 Å². The summed E-state index contributed by atoms with van der Waals surface area (Å²) >= 11 is 12.1. The second kappa shape index (κ2) is 7.99. The Morgan fingerprint density at radius 3 is 2.22 bits per heavy atom. The maximum atomic E-state index is 11.9. The molecule has 0 radical (unpaired) electrons. The minimum atomic E-state index is -0.232. The van der Waals surface area contributed by atoms with Crippen LogP contribution in [0.1, 0.15) is 22.3 Å². The van der Waals surface area contributed by atoms with Crippen molar-refractivity contribution in [2.24, 2.45) is 0 Å². The van der Waals surface area contributed by atoms with E-state index in [0.717, 1.165) is 5.56 Å². The molecule has 23 heavy (non-hydrogen) atoms. The number of nitrogen functional groups attached to an aromatic ring is 1. The van der Waals surface area contributed by atoms with E-state index in [2.05, 4.69) is 5.32 Å². The van der Waals surface area contributed by atoms with Crippen molar-refractivity contribution in [1.29, 1.82) is 0 Å². The van der Waals surface area contributed by atoms with Crippen LogP contribution in [0.3, 0.4) is 0 Å². The molecule has 0 saturated heterocycles. The Hall–Kier alpha value is -2.04. The second-order valence-electron chi connectivity index (χ2n) is 5.02.